The highest BCUT2D eigenvalue weighted by Gasteiger charge is 2.48. The summed E-state index contributed by atoms with van der Waals surface area (Å²) in [5.74, 6) is 2.56. The third-order valence-electron chi connectivity index (χ3n) is 6.07. The normalized spacial score (nSPS) is 33.4. The van der Waals surface area contributed by atoms with Crippen LogP contribution in [0.15, 0.2) is 23.1 Å². The van der Waals surface area contributed by atoms with E-state index >= 15 is 0 Å². The predicted molar refractivity (Wildman–Crippen MR) is 86.3 cm³/mol. The van der Waals surface area contributed by atoms with E-state index in [9.17, 15) is 19.7 Å². The molecule has 0 atom stereocenters. The lowest BCUT2D eigenvalue weighted by Gasteiger charge is -2.54. The Bertz CT molecular complexity index is 714. The topological polar surface area (TPSA) is 94.2 Å². The molecule has 24 heavy (non-hydrogen) atoms. The van der Waals surface area contributed by atoms with Crippen molar-refractivity contribution in [1.29, 1.82) is 0 Å². The molecule has 1 heterocycles. The third kappa shape index (κ3) is 2.61. The van der Waals surface area contributed by atoms with Crippen LogP contribution < -0.4 is 10.9 Å². The number of pyridine rings is 1. The van der Waals surface area contributed by atoms with Gasteiger partial charge < -0.3 is 9.88 Å². The molecule has 1 amide bonds. The molecule has 0 unspecified atom stereocenters. The van der Waals surface area contributed by atoms with Gasteiger partial charge in [0.15, 0.2) is 0 Å². The van der Waals surface area contributed by atoms with E-state index in [1.807, 2.05) is 0 Å². The van der Waals surface area contributed by atoms with E-state index in [0.29, 0.717) is 11.8 Å². The summed E-state index contributed by atoms with van der Waals surface area (Å²) in [6.45, 7) is -0.163. The molecule has 1 aromatic heterocycles. The molecule has 4 bridgehead atoms. The Morgan fingerprint density at radius 3 is 2.42 bits per heavy atom. The lowest BCUT2D eigenvalue weighted by atomic mass is 9.54. The molecule has 1 aromatic rings. The minimum atomic E-state index is -0.734. The van der Waals surface area contributed by atoms with Gasteiger partial charge in [0.05, 0.1) is 4.92 Å². The molecule has 4 aliphatic carbocycles. The fourth-order valence-corrected chi connectivity index (χ4v) is 5.33. The van der Waals surface area contributed by atoms with Crippen molar-refractivity contribution in [3.8, 4) is 0 Å². The van der Waals surface area contributed by atoms with Gasteiger partial charge in [0, 0.05) is 18.3 Å². The molecule has 0 radical (unpaired) electrons. The highest BCUT2D eigenvalue weighted by Crippen LogP contribution is 2.53. The van der Waals surface area contributed by atoms with Gasteiger partial charge in [-0.1, -0.05) is 0 Å². The molecule has 4 saturated carbocycles. The van der Waals surface area contributed by atoms with Gasteiger partial charge in [-0.2, -0.15) is 0 Å². The minimum absolute atomic E-state index is 0.163. The Morgan fingerprint density at radius 1 is 1.21 bits per heavy atom. The Balaban J connectivity index is 1.45. The number of nitrogens with zero attached hydrogens (tertiary/aromatic N) is 2. The van der Waals surface area contributed by atoms with Gasteiger partial charge >= 0.3 is 11.2 Å². The van der Waals surface area contributed by atoms with E-state index < -0.39 is 16.2 Å². The summed E-state index contributed by atoms with van der Waals surface area (Å²) in [4.78, 5) is 34.5. The number of amides is 1. The van der Waals surface area contributed by atoms with E-state index in [1.54, 1.807) is 0 Å². The Hall–Kier alpha value is -2.18. The summed E-state index contributed by atoms with van der Waals surface area (Å²) in [6.07, 6.45) is 7.59. The van der Waals surface area contributed by atoms with Crippen LogP contribution in [0.25, 0.3) is 0 Å². The average molecular weight is 331 g/mol. The minimum Gasteiger partial charge on any atom is -0.351 e. The molecule has 1 N–H and O–H groups in total. The molecule has 7 nitrogen and oxygen atoms in total. The smallest absolute Gasteiger partial charge is 0.334 e. The molecule has 4 aliphatic rings. The Kier molecular flexibility index (Phi) is 3.66. The highest BCUT2D eigenvalue weighted by molar-refractivity contribution is 5.76. The van der Waals surface area contributed by atoms with E-state index in [4.69, 9.17) is 0 Å². The van der Waals surface area contributed by atoms with Gasteiger partial charge in [0.25, 0.3) is 0 Å². The van der Waals surface area contributed by atoms with Crippen LogP contribution in [0.5, 0.6) is 0 Å². The maximum atomic E-state index is 12.4. The number of nitro groups is 1. The second-order valence-corrected chi connectivity index (χ2v) is 7.61. The zero-order chi connectivity index (χ0) is 16.8. The first-order valence-electron chi connectivity index (χ1n) is 8.64. The molecule has 5 rings (SSSR count). The summed E-state index contributed by atoms with van der Waals surface area (Å²) >= 11 is 0. The van der Waals surface area contributed by atoms with E-state index in [2.05, 4.69) is 5.32 Å². The van der Waals surface area contributed by atoms with Gasteiger partial charge in [-0.3, -0.25) is 19.7 Å². The van der Waals surface area contributed by atoms with Crippen LogP contribution in [-0.4, -0.2) is 21.4 Å². The lowest BCUT2D eigenvalue weighted by Crippen LogP contribution is -2.56. The van der Waals surface area contributed by atoms with Gasteiger partial charge in [0.2, 0.25) is 5.91 Å². The molecule has 0 spiro atoms. The van der Waals surface area contributed by atoms with Crippen molar-refractivity contribution in [3.63, 3.8) is 0 Å². The van der Waals surface area contributed by atoms with Crippen LogP contribution in [0.3, 0.4) is 0 Å². The second kappa shape index (κ2) is 5.72. The monoisotopic (exact) mass is 331 g/mol. The summed E-state index contributed by atoms with van der Waals surface area (Å²) < 4.78 is 1.11. The number of carbonyl (C=O) groups excluding carboxylic acids is 1. The number of carbonyl (C=O) groups is 1. The van der Waals surface area contributed by atoms with Crippen LogP contribution in [0.1, 0.15) is 32.1 Å². The van der Waals surface area contributed by atoms with E-state index in [0.717, 1.165) is 22.5 Å². The van der Waals surface area contributed by atoms with Crippen LogP contribution in [-0.2, 0) is 11.3 Å². The van der Waals surface area contributed by atoms with Crippen molar-refractivity contribution in [2.45, 2.75) is 44.7 Å². The molecule has 0 aromatic carbocycles. The van der Waals surface area contributed by atoms with Crippen LogP contribution in [0.4, 0.5) is 5.69 Å². The molecule has 128 valence electrons. The van der Waals surface area contributed by atoms with E-state index in [-0.39, 0.29) is 18.5 Å². The van der Waals surface area contributed by atoms with E-state index in [1.165, 1.54) is 44.4 Å². The maximum absolute atomic E-state index is 12.4. The van der Waals surface area contributed by atoms with Gasteiger partial charge in [-0.15, -0.1) is 0 Å². The highest BCUT2D eigenvalue weighted by atomic mass is 16.6. The first kappa shape index (κ1) is 15.4. The first-order valence-corrected chi connectivity index (χ1v) is 8.64. The van der Waals surface area contributed by atoms with Crippen molar-refractivity contribution in [2.75, 3.05) is 0 Å². The number of nitrogens with one attached hydrogen (secondary N) is 1. The molecular weight excluding hydrogens is 310 g/mol. The molecule has 0 aliphatic heterocycles. The quantitative estimate of drug-likeness (QED) is 0.671. The van der Waals surface area contributed by atoms with Crippen molar-refractivity contribution >= 4 is 11.6 Å². The number of rotatable bonds is 4. The molecule has 4 fully saturated rings. The average Bonchev–Trinajstić information content (AvgIpc) is 2.52. The predicted octanol–water partition coefficient (Wildman–Crippen LogP) is 1.70. The SMILES string of the molecule is O=C(Cn1cccc([N+](=O)[O-])c1=O)NC1C2CC3CC(C2)CC1C3. The third-order valence-corrected chi connectivity index (χ3v) is 6.07. The molecular formula is C17H21N3O4. The van der Waals surface area contributed by atoms with Crippen LogP contribution in [0.2, 0.25) is 0 Å². The summed E-state index contributed by atoms with van der Waals surface area (Å²) in [5.41, 5.74) is -1.23. The summed E-state index contributed by atoms with van der Waals surface area (Å²) in [5, 5.41) is 14.0. The first-order chi connectivity index (χ1) is 11.5. The molecule has 0 saturated heterocycles. The maximum Gasteiger partial charge on any atom is 0.334 e. The van der Waals surface area contributed by atoms with Crippen molar-refractivity contribution in [2.24, 2.45) is 23.7 Å². The second-order valence-electron chi connectivity index (χ2n) is 7.61. The summed E-state index contributed by atoms with van der Waals surface area (Å²) in [6, 6.07) is 2.80. The number of hydrogen-bond donors (Lipinski definition) is 1. The molecule has 7 heteroatoms. The number of aromatic nitrogens is 1. The fourth-order valence-electron chi connectivity index (χ4n) is 5.33. The van der Waals surface area contributed by atoms with Crippen LogP contribution in [0, 0.1) is 33.8 Å². The van der Waals surface area contributed by atoms with Crippen LogP contribution >= 0.6 is 0 Å². The largest absolute Gasteiger partial charge is 0.351 e. The Labute approximate surface area is 139 Å². The number of hydrogen-bond acceptors (Lipinski definition) is 4. The zero-order valence-electron chi connectivity index (χ0n) is 13.4. The van der Waals surface area contributed by atoms with Gasteiger partial charge in [-0.25, -0.2) is 0 Å². The van der Waals surface area contributed by atoms with Gasteiger partial charge in [-0.05, 0) is 61.8 Å². The zero-order valence-corrected chi connectivity index (χ0v) is 13.4. The lowest BCUT2D eigenvalue weighted by molar-refractivity contribution is -0.386. The van der Waals surface area contributed by atoms with Crippen molar-refractivity contribution in [1.82, 2.24) is 9.88 Å². The Morgan fingerprint density at radius 2 is 1.83 bits per heavy atom. The summed E-state index contributed by atoms with van der Waals surface area (Å²) in [7, 11) is 0. The fraction of sp³-hybridized carbons (Fsp3) is 0.647. The van der Waals surface area contributed by atoms with Crippen molar-refractivity contribution < 1.29 is 9.72 Å². The standard InChI is InChI=1S/C17H21N3O4/c21-15(9-19-3-1-2-14(17(19)22)20(23)24)18-16-12-5-10-4-11(7-12)8-13(16)6-10/h1-3,10-13,16H,4-9H2,(H,18,21). The van der Waals surface area contributed by atoms with Gasteiger partial charge in [0.1, 0.15) is 6.54 Å². The van der Waals surface area contributed by atoms with Crippen molar-refractivity contribution in [3.05, 3.63) is 38.8 Å².